The van der Waals surface area contributed by atoms with Crippen molar-refractivity contribution in [1.82, 2.24) is 5.32 Å². The van der Waals surface area contributed by atoms with Crippen molar-refractivity contribution in [2.24, 2.45) is 0 Å². The Balaban J connectivity index is 1.94. The lowest BCUT2D eigenvalue weighted by Gasteiger charge is -2.13. The van der Waals surface area contributed by atoms with Gasteiger partial charge in [-0.3, -0.25) is 10.1 Å². The lowest BCUT2D eigenvalue weighted by molar-refractivity contribution is 0.0977. The molecule has 0 aromatic heterocycles. The molecule has 4 nitrogen and oxygen atoms in total. The summed E-state index contributed by atoms with van der Waals surface area (Å²) in [7, 11) is 0. The van der Waals surface area contributed by atoms with Crippen LogP contribution in [0.3, 0.4) is 0 Å². The lowest BCUT2D eigenvalue weighted by atomic mass is 10.2. The molecule has 0 radical (unpaired) electrons. The van der Waals surface area contributed by atoms with Gasteiger partial charge in [-0.25, -0.2) is 4.39 Å². The summed E-state index contributed by atoms with van der Waals surface area (Å²) in [6.07, 6.45) is 1.01. The van der Waals surface area contributed by atoms with Crippen LogP contribution in [0, 0.1) is 5.82 Å². The number of anilines is 1. The highest BCUT2D eigenvalue weighted by Gasteiger charge is 2.10. The molecule has 0 spiro atoms. The molecule has 25 heavy (non-hydrogen) atoms. The molecule has 1 amide bonds. The van der Waals surface area contributed by atoms with Gasteiger partial charge in [-0.2, -0.15) is 0 Å². The van der Waals surface area contributed by atoms with Crippen LogP contribution >= 0.6 is 23.8 Å². The summed E-state index contributed by atoms with van der Waals surface area (Å²) in [5.41, 5.74) is 0.923. The van der Waals surface area contributed by atoms with Crippen molar-refractivity contribution in [2.75, 3.05) is 5.32 Å². The Morgan fingerprint density at radius 1 is 1.28 bits per heavy atom. The third-order valence-corrected chi connectivity index (χ3v) is 3.93. The number of halogens is 2. The molecule has 0 bridgehead atoms. The fourth-order valence-corrected chi connectivity index (χ4v) is 2.30. The van der Waals surface area contributed by atoms with Gasteiger partial charge in [-0.15, -0.1) is 0 Å². The number of hydrogen-bond donors (Lipinski definition) is 2. The van der Waals surface area contributed by atoms with E-state index in [1.54, 1.807) is 24.3 Å². The Morgan fingerprint density at radius 2 is 1.96 bits per heavy atom. The van der Waals surface area contributed by atoms with Gasteiger partial charge in [0.05, 0.1) is 11.1 Å². The third-order valence-electron chi connectivity index (χ3n) is 3.43. The predicted octanol–water partition coefficient (Wildman–Crippen LogP) is 4.78. The van der Waals surface area contributed by atoms with Gasteiger partial charge in [0.1, 0.15) is 11.6 Å². The Morgan fingerprint density at radius 3 is 2.56 bits per heavy atom. The quantitative estimate of drug-likeness (QED) is 0.733. The SMILES string of the molecule is CC[C@@H](C)Oc1ccc(C(=O)NC(=S)Nc2ccc(F)c(Cl)c2)cc1. The Kier molecular flexibility index (Phi) is 6.73. The second-order valence-electron chi connectivity index (χ2n) is 5.40. The van der Waals surface area contributed by atoms with Crippen LogP contribution in [0.15, 0.2) is 42.5 Å². The lowest BCUT2D eigenvalue weighted by Crippen LogP contribution is -2.34. The molecule has 0 saturated carbocycles. The maximum absolute atomic E-state index is 13.1. The molecule has 2 aromatic carbocycles. The van der Waals surface area contributed by atoms with Crippen LogP contribution in [-0.2, 0) is 0 Å². The fourth-order valence-electron chi connectivity index (χ4n) is 1.91. The number of hydrogen-bond acceptors (Lipinski definition) is 3. The number of carbonyl (C=O) groups is 1. The average molecular weight is 381 g/mol. The first-order chi connectivity index (χ1) is 11.9. The van der Waals surface area contributed by atoms with E-state index in [0.717, 1.165) is 6.42 Å². The first kappa shape index (κ1) is 19.1. The average Bonchev–Trinajstić information content (AvgIpc) is 2.58. The molecule has 0 aliphatic rings. The van der Waals surface area contributed by atoms with Crippen LogP contribution in [0.2, 0.25) is 5.02 Å². The second kappa shape index (κ2) is 8.78. The fraction of sp³-hybridized carbons (Fsp3) is 0.222. The molecule has 0 fully saturated rings. The summed E-state index contributed by atoms with van der Waals surface area (Å²) < 4.78 is 18.8. The van der Waals surface area contributed by atoms with E-state index in [1.165, 1.54) is 18.2 Å². The van der Waals surface area contributed by atoms with Crippen molar-refractivity contribution in [2.45, 2.75) is 26.4 Å². The predicted molar refractivity (Wildman–Crippen MR) is 102 cm³/mol. The topological polar surface area (TPSA) is 50.4 Å². The van der Waals surface area contributed by atoms with E-state index >= 15 is 0 Å². The maximum atomic E-state index is 13.1. The Labute approximate surface area is 156 Å². The van der Waals surface area contributed by atoms with Gasteiger partial charge in [-0.1, -0.05) is 18.5 Å². The highest BCUT2D eigenvalue weighted by Crippen LogP contribution is 2.19. The molecule has 0 saturated heterocycles. The maximum Gasteiger partial charge on any atom is 0.257 e. The van der Waals surface area contributed by atoms with Crippen LogP contribution in [0.5, 0.6) is 5.75 Å². The monoisotopic (exact) mass is 380 g/mol. The van der Waals surface area contributed by atoms with Crippen LogP contribution < -0.4 is 15.4 Å². The number of benzene rings is 2. The largest absolute Gasteiger partial charge is 0.491 e. The Hall–Kier alpha value is -2.18. The molecule has 1 atom stereocenters. The Bertz CT molecular complexity index is 768. The standard InChI is InChI=1S/C18H18ClFN2O2S/c1-3-11(2)24-14-7-4-12(5-8-14)17(23)22-18(25)21-13-6-9-16(20)15(19)10-13/h4-11H,3H2,1-2H3,(H2,21,22,23,25)/t11-/m1/s1. The minimum Gasteiger partial charge on any atom is -0.491 e. The van der Waals surface area contributed by atoms with Crippen molar-refractivity contribution in [3.63, 3.8) is 0 Å². The van der Waals surface area contributed by atoms with Crippen molar-refractivity contribution in [3.05, 3.63) is 58.9 Å². The van der Waals surface area contributed by atoms with Crippen molar-refractivity contribution in [1.29, 1.82) is 0 Å². The first-order valence-corrected chi connectivity index (χ1v) is 8.51. The minimum atomic E-state index is -0.526. The molecular formula is C18H18ClFN2O2S. The van der Waals surface area contributed by atoms with Gasteiger partial charge in [0.25, 0.3) is 5.91 Å². The molecule has 7 heteroatoms. The zero-order chi connectivity index (χ0) is 18.4. The van der Waals surface area contributed by atoms with E-state index in [4.69, 9.17) is 28.6 Å². The van der Waals surface area contributed by atoms with Crippen LogP contribution in [0.25, 0.3) is 0 Å². The highest BCUT2D eigenvalue weighted by atomic mass is 35.5. The van der Waals surface area contributed by atoms with E-state index in [1.807, 2.05) is 13.8 Å². The normalized spacial score (nSPS) is 11.5. The van der Waals surface area contributed by atoms with Crippen LogP contribution in [0.4, 0.5) is 10.1 Å². The van der Waals surface area contributed by atoms with E-state index < -0.39 is 5.82 Å². The van der Waals surface area contributed by atoms with Gasteiger partial charge in [0.2, 0.25) is 0 Å². The number of ether oxygens (including phenoxy) is 1. The summed E-state index contributed by atoms with van der Waals surface area (Å²) in [6, 6.07) is 10.9. The molecule has 0 aliphatic carbocycles. The van der Waals surface area contributed by atoms with Crippen LogP contribution in [-0.4, -0.2) is 17.1 Å². The molecular weight excluding hydrogens is 363 g/mol. The van der Waals surface area contributed by atoms with Gasteiger partial charge in [0.15, 0.2) is 5.11 Å². The van der Waals surface area contributed by atoms with Gasteiger partial charge in [0, 0.05) is 11.3 Å². The smallest absolute Gasteiger partial charge is 0.257 e. The van der Waals surface area contributed by atoms with Crippen LogP contribution in [0.1, 0.15) is 30.6 Å². The zero-order valence-corrected chi connectivity index (χ0v) is 15.4. The summed E-state index contributed by atoms with van der Waals surface area (Å²) in [5, 5.41) is 5.39. The minimum absolute atomic E-state index is 0.0315. The zero-order valence-electron chi connectivity index (χ0n) is 13.8. The number of amides is 1. The summed E-state index contributed by atoms with van der Waals surface area (Å²) in [5.74, 6) is -0.185. The molecule has 132 valence electrons. The van der Waals surface area contributed by atoms with Gasteiger partial charge >= 0.3 is 0 Å². The van der Waals surface area contributed by atoms with E-state index in [9.17, 15) is 9.18 Å². The molecule has 0 unspecified atom stereocenters. The molecule has 0 heterocycles. The van der Waals surface area contributed by atoms with Crippen molar-refractivity contribution in [3.8, 4) is 5.75 Å². The van der Waals surface area contributed by atoms with E-state index in [2.05, 4.69) is 10.6 Å². The molecule has 2 aromatic rings. The number of thiocarbonyl (C=S) groups is 1. The molecule has 0 aliphatic heterocycles. The second-order valence-corrected chi connectivity index (χ2v) is 6.21. The highest BCUT2D eigenvalue weighted by molar-refractivity contribution is 7.80. The van der Waals surface area contributed by atoms with E-state index in [0.29, 0.717) is 17.0 Å². The summed E-state index contributed by atoms with van der Waals surface area (Å²) in [4.78, 5) is 12.2. The van der Waals surface area contributed by atoms with Gasteiger partial charge < -0.3 is 10.1 Å². The first-order valence-electron chi connectivity index (χ1n) is 7.73. The van der Waals surface area contributed by atoms with Gasteiger partial charge in [-0.05, 0) is 68.0 Å². The molecule has 2 rings (SSSR count). The van der Waals surface area contributed by atoms with Crippen molar-refractivity contribution < 1.29 is 13.9 Å². The van der Waals surface area contributed by atoms with E-state index in [-0.39, 0.29) is 22.1 Å². The number of rotatable bonds is 5. The molecule has 2 N–H and O–H groups in total. The summed E-state index contributed by atoms with van der Waals surface area (Å²) in [6.45, 7) is 4.02. The number of carbonyl (C=O) groups excluding carboxylic acids is 1. The number of nitrogens with one attached hydrogen (secondary N) is 2. The summed E-state index contributed by atoms with van der Waals surface area (Å²) >= 11 is 10.8. The van der Waals surface area contributed by atoms with Crippen molar-refractivity contribution >= 4 is 40.5 Å². The third kappa shape index (κ3) is 5.69.